The van der Waals surface area contributed by atoms with Crippen LogP contribution in [0.15, 0.2) is 42.5 Å². The molecule has 6 rings (SSSR count). The van der Waals surface area contributed by atoms with Crippen molar-refractivity contribution in [3.8, 4) is 0 Å². The Labute approximate surface area is 181 Å². The molecule has 4 atom stereocenters. The van der Waals surface area contributed by atoms with Gasteiger partial charge in [0.2, 0.25) is 17.7 Å². The van der Waals surface area contributed by atoms with Crippen molar-refractivity contribution >= 4 is 23.4 Å². The number of nitrogens with zero attached hydrogens (tertiary/aromatic N) is 2. The van der Waals surface area contributed by atoms with Crippen LogP contribution in [0.25, 0.3) is 0 Å². The average molecular weight is 415 g/mol. The van der Waals surface area contributed by atoms with Crippen molar-refractivity contribution in [1.29, 1.82) is 0 Å². The topological polar surface area (TPSA) is 69.7 Å². The molecule has 6 nitrogen and oxygen atoms in total. The second kappa shape index (κ2) is 6.26. The smallest absolute Gasteiger partial charge is 0.250 e. The Kier molecular flexibility index (Phi) is 3.79. The zero-order valence-corrected chi connectivity index (χ0v) is 17.7. The second-order valence-corrected chi connectivity index (χ2v) is 9.38. The van der Waals surface area contributed by atoms with Gasteiger partial charge < -0.3 is 5.32 Å². The van der Waals surface area contributed by atoms with E-state index in [1.165, 1.54) is 4.90 Å². The van der Waals surface area contributed by atoms with Gasteiger partial charge in [-0.05, 0) is 44.4 Å². The first-order valence-corrected chi connectivity index (χ1v) is 11.0. The van der Waals surface area contributed by atoms with E-state index in [1.807, 2.05) is 50.2 Å². The number of aryl methyl sites for hydroxylation is 2. The van der Waals surface area contributed by atoms with Crippen molar-refractivity contribution < 1.29 is 14.4 Å². The average Bonchev–Trinajstić information content (AvgIpc) is 3.45. The largest absolute Gasteiger partial charge is 0.324 e. The molecule has 6 heteroatoms. The van der Waals surface area contributed by atoms with Gasteiger partial charge >= 0.3 is 0 Å². The van der Waals surface area contributed by atoms with Crippen LogP contribution in [-0.4, -0.2) is 40.1 Å². The van der Waals surface area contributed by atoms with Crippen molar-refractivity contribution in [3.05, 3.63) is 64.7 Å². The lowest BCUT2D eigenvalue weighted by atomic mass is 9.75. The van der Waals surface area contributed by atoms with Crippen LogP contribution in [0.3, 0.4) is 0 Å². The quantitative estimate of drug-likeness (QED) is 0.766. The first-order valence-electron chi connectivity index (χ1n) is 11.0. The summed E-state index contributed by atoms with van der Waals surface area (Å²) in [5.41, 5.74) is 3.57. The second-order valence-electron chi connectivity index (χ2n) is 9.38. The van der Waals surface area contributed by atoms with Crippen molar-refractivity contribution in [2.75, 3.05) is 11.9 Å². The maximum absolute atomic E-state index is 13.8. The Bertz CT molecular complexity index is 1140. The molecular formula is C25H25N3O3. The molecule has 2 aromatic rings. The molecule has 4 aliphatic rings. The van der Waals surface area contributed by atoms with E-state index in [9.17, 15) is 14.4 Å². The fraction of sp³-hybridized carbons (Fsp3) is 0.400. The molecule has 31 heavy (non-hydrogen) atoms. The molecule has 4 aliphatic heterocycles. The number of fused-ring (bicyclic) bond motifs is 7. The van der Waals surface area contributed by atoms with E-state index >= 15 is 0 Å². The number of hydrogen-bond donors (Lipinski definition) is 1. The molecule has 0 saturated carbocycles. The number of anilines is 1. The maximum Gasteiger partial charge on any atom is 0.250 e. The molecule has 0 aromatic heterocycles. The van der Waals surface area contributed by atoms with Crippen molar-refractivity contribution in [2.24, 2.45) is 11.8 Å². The number of rotatable bonds is 2. The number of nitrogens with one attached hydrogen (secondary N) is 1. The molecule has 0 unspecified atom stereocenters. The highest BCUT2D eigenvalue weighted by molar-refractivity contribution is 6.15. The zero-order valence-electron chi connectivity index (χ0n) is 17.7. The molecule has 0 radical (unpaired) electrons. The summed E-state index contributed by atoms with van der Waals surface area (Å²) in [6.45, 7) is 5.00. The summed E-state index contributed by atoms with van der Waals surface area (Å²) in [5.74, 6) is -1.63. The van der Waals surface area contributed by atoms with Crippen LogP contribution in [0.1, 0.15) is 35.1 Å². The third kappa shape index (κ3) is 2.23. The molecular weight excluding hydrogens is 390 g/mol. The van der Waals surface area contributed by atoms with Gasteiger partial charge in [0, 0.05) is 17.3 Å². The van der Waals surface area contributed by atoms with E-state index in [1.54, 1.807) is 0 Å². The highest BCUT2D eigenvalue weighted by atomic mass is 16.2. The highest BCUT2D eigenvalue weighted by Gasteiger charge is 2.74. The number of carbonyl (C=O) groups excluding carboxylic acids is 3. The van der Waals surface area contributed by atoms with Gasteiger partial charge in [-0.15, -0.1) is 0 Å². The molecule has 0 bridgehead atoms. The van der Waals surface area contributed by atoms with E-state index < -0.39 is 17.4 Å². The Morgan fingerprint density at radius 3 is 2.61 bits per heavy atom. The lowest BCUT2D eigenvalue weighted by Crippen LogP contribution is -2.54. The fourth-order valence-electron chi connectivity index (χ4n) is 6.64. The van der Waals surface area contributed by atoms with Gasteiger partial charge in [0.25, 0.3) is 0 Å². The van der Waals surface area contributed by atoms with Crippen LogP contribution >= 0.6 is 0 Å². The minimum atomic E-state index is -1.09. The highest BCUT2D eigenvalue weighted by Crippen LogP contribution is 2.60. The number of benzene rings is 2. The Morgan fingerprint density at radius 2 is 1.84 bits per heavy atom. The molecule has 1 spiro atoms. The van der Waals surface area contributed by atoms with Gasteiger partial charge in [-0.25, -0.2) is 0 Å². The Balaban J connectivity index is 1.52. The summed E-state index contributed by atoms with van der Waals surface area (Å²) >= 11 is 0. The van der Waals surface area contributed by atoms with Gasteiger partial charge in [0.1, 0.15) is 5.54 Å². The van der Waals surface area contributed by atoms with Crippen molar-refractivity contribution in [1.82, 2.24) is 9.80 Å². The summed E-state index contributed by atoms with van der Waals surface area (Å²) in [6, 6.07) is 13.6. The molecule has 158 valence electrons. The molecule has 4 heterocycles. The van der Waals surface area contributed by atoms with Gasteiger partial charge in [0.05, 0.1) is 18.4 Å². The van der Waals surface area contributed by atoms with Crippen LogP contribution in [-0.2, 0) is 26.5 Å². The summed E-state index contributed by atoms with van der Waals surface area (Å²) in [5, 5.41) is 3.09. The summed E-state index contributed by atoms with van der Waals surface area (Å²) in [4.78, 5) is 44.7. The number of hydrogen-bond acceptors (Lipinski definition) is 4. The van der Waals surface area contributed by atoms with Gasteiger partial charge in [-0.3, -0.25) is 24.2 Å². The molecule has 1 N–H and O–H groups in total. The standard InChI is InChI=1S/C25H25N3O3/c1-14-11-15(2)21-17(12-14)25(24(31)26-21)20-19(18-9-6-10-28(18)25)22(29)27(23(20)30)13-16-7-4-3-5-8-16/h3-5,7-8,11-12,18-20H,6,9-10,13H2,1-2H3,(H,26,31)/t18-,19+,20-,25+/m0/s1. The van der Waals surface area contributed by atoms with Crippen molar-refractivity contribution in [2.45, 2.75) is 44.8 Å². The van der Waals surface area contributed by atoms with Crippen LogP contribution in [0, 0.1) is 25.7 Å². The van der Waals surface area contributed by atoms with Gasteiger partial charge in [0.15, 0.2) is 0 Å². The molecule has 3 saturated heterocycles. The van der Waals surface area contributed by atoms with Crippen molar-refractivity contribution in [3.63, 3.8) is 0 Å². The van der Waals surface area contributed by atoms with Crippen LogP contribution < -0.4 is 5.32 Å². The molecule has 3 amide bonds. The van der Waals surface area contributed by atoms with E-state index in [4.69, 9.17) is 0 Å². The predicted octanol–water partition coefficient (Wildman–Crippen LogP) is 2.73. The minimum Gasteiger partial charge on any atom is -0.324 e. The van der Waals surface area contributed by atoms with E-state index in [0.29, 0.717) is 0 Å². The summed E-state index contributed by atoms with van der Waals surface area (Å²) in [6.07, 6.45) is 1.78. The zero-order chi connectivity index (χ0) is 21.5. The third-order valence-electron chi connectivity index (χ3n) is 7.72. The SMILES string of the molecule is Cc1cc(C)c2c(c1)[C@]1(C(=O)N2)[C@@H]2C(=O)N(Cc3ccccc3)C(=O)[C@@H]2[C@@H]2CCCN21. The minimum absolute atomic E-state index is 0.0697. The maximum atomic E-state index is 13.8. The Hall–Kier alpha value is -2.99. The van der Waals surface area contributed by atoms with E-state index in [0.717, 1.165) is 47.3 Å². The van der Waals surface area contributed by atoms with Crippen LogP contribution in [0.2, 0.25) is 0 Å². The number of carbonyl (C=O) groups is 3. The van der Waals surface area contributed by atoms with Gasteiger partial charge in [-0.2, -0.15) is 0 Å². The lowest BCUT2D eigenvalue weighted by Gasteiger charge is -2.36. The predicted molar refractivity (Wildman–Crippen MR) is 115 cm³/mol. The molecule has 2 aromatic carbocycles. The summed E-state index contributed by atoms with van der Waals surface area (Å²) in [7, 11) is 0. The number of amides is 3. The summed E-state index contributed by atoms with van der Waals surface area (Å²) < 4.78 is 0. The molecule has 3 fully saturated rings. The number of likely N-dealkylation sites (tertiary alicyclic amines) is 1. The van der Waals surface area contributed by atoms with E-state index in [2.05, 4.69) is 16.3 Å². The third-order valence-corrected chi connectivity index (χ3v) is 7.72. The Morgan fingerprint density at radius 1 is 1.06 bits per heavy atom. The normalized spacial score (nSPS) is 31.4. The van der Waals surface area contributed by atoms with E-state index in [-0.39, 0.29) is 30.3 Å². The van der Waals surface area contributed by atoms with Gasteiger partial charge in [-0.1, -0.05) is 48.0 Å². The lowest BCUT2D eigenvalue weighted by molar-refractivity contribution is -0.146. The monoisotopic (exact) mass is 415 g/mol. The first kappa shape index (κ1) is 18.8. The molecule has 0 aliphatic carbocycles. The number of imide groups is 1. The van der Waals surface area contributed by atoms with Crippen LogP contribution in [0.5, 0.6) is 0 Å². The van der Waals surface area contributed by atoms with Crippen LogP contribution in [0.4, 0.5) is 5.69 Å². The fourth-order valence-corrected chi connectivity index (χ4v) is 6.64. The first-order chi connectivity index (χ1) is 14.9.